The third kappa shape index (κ3) is 2.74. The van der Waals surface area contributed by atoms with E-state index in [1.54, 1.807) is 24.1 Å². The molecule has 0 bridgehead atoms. The van der Waals surface area contributed by atoms with Crippen molar-refractivity contribution in [3.8, 4) is 11.6 Å². The Morgan fingerprint density at radius 2 is 1.86 bits per heavy atom. The van der Waals surface area contributed by atoms with Gasteiger partial charge < -0.3 is 10.00 Å². The fourth-order valence-electron chi connectivity index (χ4n) is 0.818. The quantitative estimate of drug-likeness (QED) is 0.526. The molecule has 1 atom stereocenters. The van der Waals surface area contributed by atoms with E-state index < -0.39 is 13.3 Å². The van der Waals surface area contributed by atoms with Crippen LogP contribution in [0.2, 0.25) is 0 Å². The Hall–Kier alpha value is -1.56. The molecular formula is C9H7O4P. The summed E-state index contributed by atoms with van der Waals surface area (Å²) in [6.45, 7) is 0. The average molecular weight is 210 g/mol. The lowest BCUT2D eigenvalue weighted by molar-refractivity contribution is -0.130. The lowest BCUT2D eigenvalue weighted by Crippen LogP contribution is -2.01. The topological polar surface area (TPSA) is 74.6 Å². The highest BCUT2D eigenvalue weighted by Gasteiger charge is 2.17. The van der Waals surface area contributed by atoms with Gasteiger partial charge in [-0.1, -0.05) is 18.2 Å². The Balaban J connectivity index is 3.06. The third-order valence-corrected chi connectivity index (χ3v) is 2.83. The van der Waals surface area contributed by atoms with Gasteiger partial charge in [0.1, 0.15) is 0 Å². The maximum absolute atomic E-state index is 11.4. The zero-order valence-corrected chi connectivity index (χ0v) is 7.94. The SMILES string of the molecule is O=C(O)C#CP(=O)(O)c1ccccc1. The van der Waals surface area contributed by atoms with E-state index in [0.717, 1.165) is 0 Å². The van der Waals surface area contributed by atoms with E-state index in [1.165, 1.54) is 12.1 Å². The first-order valence-corrected chi connectivity index (χ1v) is 5.33. The maximum Gasteiger partial charge on any atom is 0.382 e. The van der Waals surface area contributed by atoms with Gasteiger partial charge in [0.15, 0.2) is 0 Å². The van der Waals surface area contributed by atoms with Crippen molar-refractivity contribution in [3.05, 3.63) is 30.3 Å². The van der Waals surface area contributed by atoms with Crippen molar-refractivity contribution in [2.45, 2.75) is 0 Å². The fraction of sp³-hybridized carbons (Fsp3) is 0. The van der Waals surface area contributed by atoms with Crippen LogP contribution in [0.3, 0.4) is 0 Å². The minimum absolute atomic E-state index is 0.133. The molecule has 0 heterocycles. The highest BCUT2D eigenvalue weighted by Crippen LogP contribution is 2.37. The van der Waals surface area contributed by atoms with Gasteiger partial charge >= 0.3 is 13.3 Å². The van der Waals surface area contributed by atoms with Crippen molar-refractivity contribution in [1.29, 1.82) is 0 Å². The zero-order valence-electron chi connectivity index (χ0n) is 7.04. The van der Waals surface area contributed by atoms with E-state index in [0.29, 0.717) is 0 Å². The number of hydrogen-bond donors (Lipinski definition) is 2. The molecular weight excluding hydrogens is 203 g/mol. The Labute approximate surface area is 80.7 Å². The van der Waals surface area contributed by atoms with Gasteiger partial charge in [-0.05, 0) is 12.1 Å². The van der Waals surface area contributed by atoms with Crippen LogP contribution in [0.5, 0.6) is 0 Å². The molecule has 1 rings (SSSR count). The molecule has 1 aromatic carbocycles. The molecule has 14 heavy (non-hydrogen) atoms. The van der Waals surface area contributed by atoms with Gasteiger partial charge in [0, 0.05) is 16.9 Å². The van der Waals surface area contributed by atoms with Crippen molar-refractivity contribution < 1.29 is 19.4 Å². The number of carboxylic acid groups (broad SMARTS) is 1. The minimum Gasteiger partial charge on any atom is -0.472 e. The van der Waals surface area contributed by atoms with Crippen LogP contribution in [0.4, 0.5) is 0 Å². The van der Waals surface area contributed by atoms with Crippen molar-refractivity contribution in [1.82, 2.24) is 0 Å². The molecule has 0 saturated heterocycles. The zero-order chi connectivity index (χ0) is 10.6. The van der Waals surface area contributed by atoms with Gasteiger partial charge in [-0.15, -0.1) is 0 Å². The maximum atomic E-state index is 11.4. The first-order valence-electron chi connectivity index (χ1n) is 3.67. The summed E-state index contributed by atoms with van der Waals surface area (Å²) >= 11 is 0. The molecule has 0 spiro atoms. The van der Waals surface area contributed by atoms with E-state index in [9.17, 15) is 14.3 Å². The highest BCUT2D eigenvalue weighted by atomic mass is 31.2. The molecule has 0 aliphatic rings. The Kier molecular flexibility index (Phi) is 3.08. The molecule has 0 radical (unpaired) electrons. The fourth-order valence-corrected chi connectivity index (χ4v) is 1.77. The van der Waals surface area contributed by atoms with Crippen molar-refractivity contribution in [3.63, 3.8) is 0 Å². The van der Waals surface area contributed by atoms with Gasteiger partial charge in [-0.3, -0.25) is 4.57 Å². The second-order valence-corrected chi connectivity index (χ2v) is 4.35. The molecule has 72 valence electrons. The summed E-state index contributed by atoms with van der Waals surface area (Å²) in [4.78, 5) is 19.4. The lowest BCUT2D eigenvalue weighted by atomic mass is 10.4. The number of hydrogen-bond acceptors (Lipinski definition) is 2. The molecule has 0 saturated carbocycles. The first-order chi connectivity index (χ1) is 6.52. The van der Waals surface area contributed by atoms with Crippen LogP contribution in [0.1, 0.15) is 0 Å². The molecule has 0 aliphatic carbocycles. The monoisotopic (exact) mass is 210 g/mol. The summed E-state index contributed by atoms with van der Waals surface area (Å²) in [6.07, 6.45) is 0. The number of carbonyl (C=O) groups is 1. The van der Waals surface area contributed by atoms with Crippen LogP contribution in [0, 0.1) is 11.6 Å². The molecule has 4 nitrogen and oxygen atoms in total. The summed E-state index contributed by atoms with van der Waals surface area (Å²) in [5.74, 6) is 0.217. The van der Waals surface area contributed by atoms with Crippen LogP contribution in [0.15, 0.2) is 30.3 Å². The highest BCUT2D eigenvalue weighted by molar-refractivity contribution is 7.71. The van der Waals surface area contributed by atoms with E-state index in [1.807, 2.05) is 5.66 Å². The summed E-state index contributed by atoms with van der Waals surface area (Å²) in [5.41, 5.74) is 1.84. The summed E-state index contributed by atoms with van der Waals surface area (Å²) in [6, 6.07) is 7.71. The third-order valence-electron chi connectivity index (χ3n) is 1.42. The van der Waals surface area contributed by atoms with Crippen molar-refractivity contribution >= 4 is 18.6 Å². The molecule has 5 heteroatoms. The molecule has 0 aromatic heterocycles. The van der Waals surface area contributed by atoms with Crippen LogP contribution < -0.4 is 5.30 Å². The number of aliphatic carboxylic acids is 1. The smallest absolute Gasteiger partial charge is 0.382 e. The summed E-state index contributed by atoms with van der Waals surface area (Å²) in [5, 5.41) is 8.35. The molecule has 0 fully saturated rings. The Morgan fingerprint density at radius 1 is 1.29 bits per heavy atom. The van der Waals surface area contributed by atoms with Gasteiger partial charge in [0.05, 0.1) is 0 Å². The number of benzene rings is 1. The van der Waals surface area contributed by atoms with Gasteiger partial charge in [0.25, 0.3) is 0 Å². The molecule has 0 aliphatic heterocycles. The first kappa shape index (κ1) is 10.5. The van der Waals surface area contributed by atoms with Crippen LogP contribution in [0.25, 0.3) is 0 Å². The second-order valence-electron chi connectivity index (χ2n) is 2.45. The Morgan fingerprint density at radius 3 is 2.36 bits per heavy atom. The van der Waals surface area contributed by atoms with Crippen LogP contribution >= 0.6 is 7.37 Å². The summed E-state index contributed by atoms with van der Waals surface area (Å²) in [7, 11) is -3.84. The Bertz CT molecular complexity index is 441. The van der Waals surface area contributed by atoms with Gasteiger partial charge in [0.2, 0.25) is 0 Å². The van der Waals surface area contributed by atoms with Crippen LogP contribution in [-0.4, -0.2) is 16.0 Å². The van der Waals surface area contributed by atoms with Gasteiger partial charge in [-0.25, -0.2) is 4.79 Å². The molecule has 2 N–H and O–H groups in total. The minimum atomic E-state index is -3.84. The molecule has 0 amide bonds. The lowest BCUT2D eigenvalue weighted by Gasteiger charge is -2.02. The summed E-state index contributed by atoms with van der Waals surface area (Å²) < 4.78 is 11.4. The van der Waals surface area contributed by atoms with Gasteiger partial charge in [-0.2, -0.15) is 0 Å². The normalized spacial score (nSPS) is 13.5. The van der Waals surface area contributed by atoms with Crippen molar-refractivity contribution in [2.24, 2.45) is 0 Å². The molecule has 1 unspecified atom stereocenters. The standard InChI is InChI=1S/C9H7O4P/c10-9(11)6-7-14(12,13)8-4-2-1-3-5-8/h1-5H,(H,10,11)(H,12,13). The predicted octanol–water partition coefficient (Wildman–Crippen LogP) is 0.628. The van der Waals surface area contributed by atoms with Crippen molar-refractivity contribution in [2.75, 3.05) is 0 Å². The average Bonchev–Trinajstić information content (AvgIpc) is 2.16. The van der Waals surface area contributed by atoms with Crippen LogP contribution in [-0.2, 0) is 9.36 Å². The van der Waals surface area contributed by atoms with E-state index in [-0.39, 0.29) is 5.30 Å². The van der Waals surface area contributed by atoms with E-state index in [2.05, 4.69) is 0 Å². The largest absolute Gasteiger partial charge is 0.472 e. The van der Waals surface area contributed by atoms with E-state index >= 15 is 0 Å². The van der Waals surface area contributed by atoms with E-state index in [4.69, 9.17) is 5.11 Å². The second kappa shape index (κ2) is 4.10. The predicted molar refractivity (Wildman–Crippen MR) is 51.3 cm³/mol. The number of carboxylic acids is 1. The molecule has 1 aromatic rings. The number of rotatable bonds is 1.